The zero-order chi connectivity index (χ0) is 12.3. The quantitative estimate of drug-likeness (QED) is 0.695. The van der Waals surface area contributed by atoms with Crippen molar-refractivity contribution in [2.45, 2.75) is 19.0 Å². The zero-order valence-electron chi connectivity index (χ0n) is 9.81. The van der Waals surface area contributed by atoms with Gasteiger partial charge in [-0.2, -0.15) is 0 Å². The van der Waals surface area contributed by atoms with Crippen LogP contribution in [0.5, 0.6) is 0 Å². The second-order valence-corrected chi connectivity index (χ2v) is 4.43. The molecule has 1 saturated heterocycles. The lowest BCUT2D eigenvalue weighted by molar-refractivity contribution is 0.175. The van der Waals surface area contributed by atoms with Crippen LogP contribution >= 0.6 is 12.2 Å². The van der Waals surface area contributed by atoms with E-state index in [4.69, 9.17) is 17.3 Å². The molecule has 0 spiro atoms. The fraction of sp³-hybridized carbons (Fsp3) is 0.417. The maximum absolute atomic E-state index is 8.99. The molecule has 5 heteroatoms. The van der Waals surface area contributed by atoms with Crippen LogP contribution in [-0.2, 0) is 5.66 Å². The number of aliphatic hydroxyl groups is 1. The van der Waals surface area contributed by atoms with Crippen molar-refractivity contribution < 1.29 is 5.11 Å². The van der Waals surface area contributed by atoms with E-state index in [1.807, 2.05) is 18.2 Å². The van der Waals surface area contributed by atoms with Gasteiger partial charge in [0.15, 0.2) is 5.11 Å². The Morgan fingerprint density at radius 1 is 1.35 bits per heavy atom. The van der Waals surface area contributed by atoms with Gasteiger partial charge >= 0.3 is 0 Å². The minimum atomic E-state index is -0.354. The highest BCUT2D eigenvalue weighted by Crippen LogP contribution is 2.26. The molecule has 0 radical (unpaired) electrons. The Balaban J connectivity index is 2.26. The number of thiocarbonyl (C=S) groups is 1. The van der Waals surface area contributed by atoms with Crippen molar-refractivity contribution in [1.82, 2.24) is 15.8 Å². The number of nitrogens with zero attached hydrogens (tertiary/aromatic N) is 1. The molecule has 0 bridgehead atoms. The number of hydrogen-bond donors (Lipinski definition) is 3. The maximum Gasteiger partial charge on any atom is 0.185 e. The molecule has 1 aromatic rings. The summed E-state index contributed by atoms with van der Waals surface area (Å²) in [5.74, 6) is 0. The summed E-state index contributed by atoms with van der Waals surface area (Å²) < 4.78 is 0. The number of aliphatic hydroxyl groups excluding tert-OH is 1. The minimum absolute atomic E-state index is 0.0728. The standard InChI is InChI=1S/C12H17N3OS/c1-2-12(10-6-4-3-5-7-10)13-11(17)15(14-12)8-9-16/h3-7,14,16H,2,8-9H2,1H3,(H,13,17)/t12-/m1/s1. The highest BCUT2D eigenvalue weighted by Gasteiger charge is 2.39. The summed E-state index contributed by atoms with van der Waals surface area (Å²) in [5.41, 5.74) is 4.13. The molecule has 0 unspecified atom stereocenters. The van der Waals surface area contributed by atoms with Crippen molar-refractivity contribution in [2.75, 3.05) is 13.2 Å². The van der Waals surface area contributed by atoms with Crippen molar-refractivity contribution in [3.05, 3.63) is 35.9 Å². The van der Waals surface area contributed by atoms with Crippen molar-refractivity contribution >= 4 is 17.3 Å². The van der Waals surface area contributed by atoms with E-state index >= 15 is 0 Å². The highest BCUT2D eigenvalue weighted by atomic mass is 32.1. The number of hydrazine groups is 1. The van der Waals surface area contributed by atoms with Gasteiger partial charge in [0, 0.05) is 0 Å². The van der Waals surface area contributed by atoms with Crippen LogP contribution in [0.3, 0.4) is 0 Å². The molecular weight excluding hydrogens is 234 g/mol. The first-order chi connectivity index (χ1) is 8.22. The van der Waals surface area contributed by atoms with Crippen LogP contribution in [0.1, 0.15) is 18.9 Å². The fourth-order valence-corrected chi connectivity index (χ4v) is 2.36. The van der Waals surface area contributed by atoms with Crippen LogP contribution in [0.4, 0.5) is 0 Å². The summed E-state index contributed by atoms with van der Waals surface area (Å²) in [5, 5.41) is 14.7. The second kappa shape index (κ2) is 5.00. The van der Waals surface area contributed by atoms with E-state index in [-0.39, 0.29) is 12.3 Å². The van der Waals surface area contributed by atoms with Gasteiger partial charge in [0.1, 0.15) is 5.66 Å². The number of hydrogen-bond acceptors (Lipinski definition) is 3. The average Bonchev–Trinajstić information content (AvgIpc) is 2.69. The first-order valence-corrected chi connectivity index (χ1v) is 6.16. The molecule has 17 heavy (non-hydrogen) atoms. The van der Waals surface area contributed by atoms with Crippen LogP contribution in [0.25, 0.3) is 0 Å². The Labute approximate surface area is 107 Å². The fourth-order valence-electron chi connectivity index (χ4n) is 2.05. The number of rotatable bonds is 4. The summed E-state index contributed by atoms with van der Waals surface area (Å²) in [6.07, 6.45) is 0.860. The molecular formula is C12H17N3OS. The van der Waals surface area contributed by atoms with Gasteiger partial charge in [-0.05, 0) is 24.2 Å². The molecule has 3 N–H and O–H groups in total. The molecule has 0 aromatic heterocycles. The maximum atomic E-state index is 8.99. The van der Waals surface area contributed by atoms with Gasteiger partial charge in [-0.1, -0.05) is 37.3 Å². The molecule has 1 heterocycles. The SMILES string of the molecule is CC[C@@]1(c2ccccc2)NC(=S)N(CCO)N1. The molecule has 0 saturated carbocycles. The van der Waals surface area contributed by atoms with E-state index in [0.29, 0.717) is 11.7 Å². The Bertz CT molecular complexity index is 398. The predicted molar refractivity (Wildman–Crippen MR) is 71.1 cm³/mol. The van der Waals surface area contributed by atoms with Crippen LogP contribution < -0.4 is 10.7 Å². The van der Waals surface area contributed by atoms with Crippen LogP contribution in [0.2, 0.25) is 0 Å². The van der Waals surface area contributed by atoms with Crippen molar-refractivity contribution in [2.24, 2.45) is 0 Å². The Morgan fingerprint density at radius 2 is 2.06 bits per heavy atom. The van der Waals surface area contributed by atoms with Gasteiger partial charge in [0.05, 0.1) is 13.2 Å². The lowest BCUT2D eigenvalue weighted by Gasteiger charge is -2.29. The molecule has 1 aromatic carbocycles. The highest BCUT2D eigenvalue weighted by molar-refractivity contribution is 7.80. The number of β-amino-alcohol motifs (C(OH)–C–C–N with tert-alkyl or cyclic N) is 1. The van der Waals surface area contributed by atoms with Gasteiger partial charge in [0.2, 0.25) is 0 Å². The topological polar surface area (TPSA) is 47.5 Å². The summed E-state index contributed by atoms with van der Waals surface area (Å²) in [6.45, 7) is 2.65. The first kappa shape index (κ1) is 12.3. The molecule has 1 atom stereocenters. The smallest absolute Gasteiger partial charge is 0.185 e. The largest absolute Gasteiger partial charge is 0.394 e. The third-order valence-corrected chi connectivity index (χ3v) is 3.33. The van der Waals surface area contributed by atoms with E-state index in [2.05, 4.69) is 29.8 Å². The average molecular weight is 251 g/mol. The van der Waals surface area contributed by atoms with Crippen LogP contribution in [0, 0.1) is 0 Å². The Morgan fingerprint density at radius 3 is 2.65 bits per heavy atom. The molecule has 0 aliphatic carbocycles. The lowest BCUT2D eigenvalue weighted by atomic mass is 9.98. The van der Waals surface area contributed by atoms with Gasteiger partial charge in [0.25, 0.3) is 0 Å². The Hall–Kier alpha value is -1.17. The van der Waals surface area contributed by atoms with Crippen LogP contribution in [-0.4, -0.2) is 28.4 Å². The number of benzene rings is 1. The monoisotopic (exact) mass is 251 g/mol. The molecule has 1 aliphatic rings. The molecule has 1 aliphatic heterocycles. The summed E-state index contributed by atoms with van der Waals surface area (Å²) in [6, 6.07) is 10.1. The molecule has 92 valence electrons. The van der Waals surface area contributed by atoms with Crippen molar-refractivity contribution in [3.63, 3.8) is 0 Å². The van der Waals surface area contributed by atoms with E-state index in [0.717, 1.165) is 12.0 Å². The molecule has 2 rings (SSSR count). The minimum Gasteiger partial charge on any atom is -0.394 e. The van der Waals surface area contributed by atoms with Crippen molar-refractivity contribution in [3.8, 4) is 0 Å². The van der Waals surface area contributed by atoms with E-state index in [9.17, 15) is 0 Å². The Kier molecular flexibility index (Phi) is 3.61. The van der Waals surface area contributed by atoms with Crippen LogP contribution in [0.15, 0.2) is 30.3 Å². The van der Waals surface area contributed by atoms with Crippen molar-refractivity contribution in [1.29, 1.82) is 0 Å². The number of nitrogens with one attached hydrogen (secondary N) is 2. The summed E-state index contributed by atoms with van der Waals surface area (Å²) in [7, 11) is 0. The summed E-state index contributed by atoms with van der Waals surface area (Å²) in [4.78, 5) is 0. The zero-order valence-corrected chi connectivity index (χ0v) is 10.6. The molecule has 1 fully saturated rings. The van der Waals surface area contributed by atoms with E-state index < -0.39 is 0 Å². The molecule has 0 amide bonds. The summed E-state index contributed by atoms with van der Waals surface area (Å²) >= 11 is 5.26. The lowest BCUT2D eigenvalue weighted by Crippen LogP contribution is -2.48. The van der Waals surface area contributed by atoms with Gasteiger partial charge in [-0.15, -0.1) is 0 Å². The predicted octanol–water partition coefficient (Wildman–Crippen LogP) is 0.936. The normalized spacial score (nSPS) is 23.9. The molecule has 4 nitrogen and oxygen atoms in total. The first-order valence-electron chi connectivity index (χ1n) is 5.76. The van der Waals surface area contributed by atoms with Gasteiger partial charge in [-0.25, -0.2) is 5.43 Å². The second-order valence-electron chi connectivity index (χ2n) is 4.04. The third-order valence-electron chi connectivity index (χ3n) is 3.01. The van der Waals surface area contributed by atoms with E-state index in [1.54, 1.807) is 5.01 Å². The van der Waals surface area contributed by atoms with Gasteiger partial charge < -0.3 is 10.4 Å². The van der Waals surface area contributed by atoms with E-state index in [1.165, 1.54) is 0 Å². The van der Waals surface area contributed by atoms with Gasteiger partial charge in [-0.3, -0.25) is 5.01 Å². The third kappa shape index (κ3) is 2.26.